The zero-order valence-corrected chi connectivity index (χ0v) is 11.7. The van der Waals surface area contributed by atoms with E-state index in [-0.39, 0.29) is 5.91 Å². The standard InChI is InChI=1S/C16H19N3O/c1-11-14(15(17)20)12-7-3-4-8-13(12)18-16(11)19-9-5-2-6-10-19/h3-4,7-8H,2,5-6,9-10H2,1H3,(H2,17,20). The number of para-hydroxylation sites is 1. The summed E-state index contributed by atoms with van der Waals surface area (Å²) >= 11 is 0. The summed E-state index contributed by atoms with van der Waals surface area (Å²) in [7, 11) is 0. The van der Waals surface area contributed by atoms with Crippen LogP contribution in [0.2, 0.25) is 0 Å². The van der Waals surface area contributed by atoms with Crippen molar-refractivity contribution >= 4 is 22.6 Å². The zero-order valence-electron chi connectivity index (χ0n) is 11.7. The first-order valence-electron chi connectivity index (χ1n) is 7.12. The van der Waals surface area contributed by atoms with Crippen LogP contribution in [0, 0.1) is 6.92 Å². The lowest BCUT2D eigenvalue weighted by atomic mass is 10.0. The molecule has 3 rings (SSSR count). The highest BCUT2D eigenvalue weighted by atomic mass is 16.1. The molecule has 2 N–H and O–H groups in total. The van der Waals surface area contributed by atoms with Crippen molar-refractivity contribution in [3.63, 3.8) is 0 Å². The van der Waals surface area contributed by atoms with E-state index in [4.69, 9.17) is 10.7 Å². The van der Waals surface area contributed by atoms with E-state index in [1.165, 1.54) is 19.3 Å². The molecule has 104 valence electrons. The Morgan fingerprint density at radius 3 is 2.60 bits per heavy atom. The Morgan fingerprint density at radius 1 is 1.20 bits per heavy atom. The molecule has 0 aliphatic carbocycles. The van der Waals surface area contributed by atoms with E-state index in [2.05, 4.69) is 4.90 Å². The quantitative estimate of drug-likeness (QED) is 0.911. The first-order valence-corrected chi connectivity index (χ1v) is 7.12. The fourth-order valence-corrected chi connectivity index (χ4v) is 3.03. The summed E-state index contributed by atoms with van der Waals surface area (Å²) in [5.41, 5.74) is 7.94. The van der Waals surface area contributed by atoms with Gasteiger partial charge >= 0.3 is 0 Å². The van der Waals surface area contributed by atoms with Crippen LogP contribution in [0.25, 0.3) is 10.9 Å². The highest BCUT2D eigenvalue weighted by molar-refractivity contribution is 6.07. The number of hydrogen-bond acceptors (Lipinski definition) is 3. The smallest absolute Gasteiger partial charge is 0.249 e. The Labute approximate surface area is 118 Å². The summed E-state index contributed by atoms with van der Waals surface area (Å²) in [6, 6.07) is 7.70. The normalized spacial score (nSPS) is 15.6. The van der Waals surface area contributed by atoms with Gasteiger partial charge in [-0.2, -0.15) is 0 Å². The molecule has 0 saturated carbocycles. The van der Waals surface area contributed by atoms with Crippen molar-refractivity contribution in [2.24, 2.45) is 5.73 Å². The van der Waals surface area contributed by atoms with Crippen molar-refractivity contribution in [3.8, 4) is 0 Å². The number of nitrogens with zero attached hydrogens (tertiary/aromatic N) is 2. The molecule has 0 spiro atoms. The molecule has 1 aliphatic heterocycles. The van der Waals surface area contributed by atoms with Crippen LogP contribution in [-0.4, -0.2) is 24.0 Å². The fourth-order valence-electron chi connectivity index (χ4n) is 3.03. The van der Waals surface area contributed by atoms with Crippen molar-refractivity contribution < 1.29 is 4.79 Å². The van der Waals surface area contributed by atoms with E-state index in [1.807, 2.05) is 31.2 Å². The van der Waals surface area contributed by atoms with Crippen LogP contribution >= 0.6 is 0 Å². The topological polar surface area (TPSA) is 59.2 Å². The second-order valence-corrected chi connectivity index (χ2v) is 5.36. The van der Waals surface area contributed by atoms with Crippen molar-refractivity contribution in [1.82, 2.24) is 4.98 Å². The Morgan fingerprint density at radius 2 is 1.90 bits per heavy atom. The van der Waals surface area contributed by atoms with E-state index in [0.29, 0.717) is 5.56 Å². The largest absolute Gasteiger partial charge is 0.366 e. The molecule has 20 heavy (non-hydrogen) atoms. The van der Waals surface area contributed by atoms with Crippen LogP contribution in [0.15, 0.2) is 24.3 Å². The minimum Gasteiger partial charge on any atom is -0.366 e. The molecule has 4 nitrogen and oxygen atoms in total. The molecule has 1 amide bonds. The molecule has 1 aromatic heterocycles. The molecule has 0 unspecified atom stereocenters. The molecule has 0 atom stereocenters. The molecule has 1 aromatic carbocycles. The van der Waals surface area contributed by atoms with E-state index < -0.39 is 0 Å². The molecule has 0 bridgehead atoms. The summed E-state index contributed by atoms with van der Waals surface area (Å²) in [5.74, 6) is 0.538. The number of piperidine rings is 1. The molecule has 2 aromatic rings. The van der Waals surface area contributed by atoms with Crippen LogP contribution in [0.1, 0.15) is 35.2 Å². The number of hydrogen-bond donors (Lipinski definition) is 1. The number of fused-ring (bicyclic) bond motifs is 1. The molecule has 1 aliphatic rings. The number of pyridine rings is 1. The van der Waals surface area contributed by atoms with Crippen molar-refractivity contribution in [1.29, 1.82) is 0 Å². The molecule has 1 fully saturated rings. The zero-order chi connectivity index (χ0) is 14.1. The van der Waals surface area contributed by atoms with Gasteiger partial charge in [-0.15, -0.1) is 0 Å². The van der Waals surface area contributed by atoms with Crippen molar-refractivity contribution in [2.75, 3.05) is 18.0 Å². The first kappa shape index (κ1) is 12.9. The van der Waals surface area contributed by atoms with Crippen LogP contribution < -0.4 is 10.6 Å². The number of anilines is 1. The van der Waals surface area contributed by atoms with Crippen LogP contribution in [0.4, 0.5) is 5.82 Å². The SMILES string of the molecule is Cc1c(N2CCCCC2)nc2ccccc2c1C(N)=O. The number of aromatic nitrogens is 1. The van der Waals surface area contributed by atoms with Gasteiger partial charge in [0.05, 0.1) is 11.1 Å². The van der Waals surface area contributed by atoms with Gasteiger partial charge in [-0.1, -0.05) is 18.2 Å². The number of primary amides is 1. The lowest BCUT2D eigenvalue weighted by molar-refractivity contribution is 0.100. The van der Waals surface area contributed by atoms with Gasteiger partial charge in [-0.05, 0) is 32.3 Å². The third-order valence-electron chi connectivity index (χ3n) is 4.01. The summed E-state index contributed by atoms with van der Waals surface area (Å²) in [5, 5.41) is 0.846. The Balaban J connectivity index is 2.22. The monoisotopic (exact) mass is 269 g/mol. The molecular weight excluding hydrogens is 250 g/mol. The third-order valence-corrected chi connectivity index (χ3v) is 4.01. The number of carbonyl (C=O) groups is 1. The maximum absolute atomic E-state index is 11.8. The van der Waals surface area contributed by atoms with Gasteiger partial charge in [0.1, 0.15) is 5.82 Å². The van der Waals surface area contributed by atoms with Crippen LogP contribution in [0.5, 0.6) is 0 Å². The second kappa shape index (κ2) is 5.12. The average molecular weight is 269 g/mol. The number of nitrogens with two attached hydrogens (primary N) is 1. The molecule has 1 saturated heterocycles. The van der Waals surface area contributed by atoms with Crippen molar-refractivity contribution in [2.45, 2.75) is 26.2 Å². The molecule has 2 heterocycles. The fraction of sp³-hybridized carbons (Fsp3) is 0.375. The van der Waals surface area contributed by atoms with E-state index in [1.54, 1.807) is 0 Å². The third kappa shape index (κ3) is 2.11. The van der Waals surface area contributed by atoms with Crippen molar-refractivity contribution in [3.05, 3.63) is 35.4 Å². The second-order valence-electron chi connectivity index (χ2n) is 5.36. The number of carbonyl (C=O) groups excluding carboxylic acids is 1. The first-order chi connectivity index (χ1) is 9.68. The predicted octanol–water partition coefficient (Wildman–Crippen LogP) is 2.63. The molecular formula is C16H19N3O. The number of benzene rings is 1. The van der Waals surface area contributed by atoms with Gasteiger partial charge in [0.2, 0.25) is 5.91 Å². The minimum absolute atomic E-state index is 0.376. The maximum atomic E-state index is 11.8. The van der Waals surface area contributed by atoms with Gasteiger partial charge in [0, 0.05) is 24.0 Å². The predicted molar refractivity (Wildman–Crippen MR) is 81.1 cm³/mol. The average Bonchev–Trinajstić information content (AvgIpc) is 2.47. The highest BCUT2D eigenvalue weighted by Crippen LogP contribution is 2.29. The summed E-state index contributed by atoms with van der Waals surface area (Å²) in [4.78, 5) is 18.9. The maximum Gasteiger partial charge on any atom is 0.249 e. The Bertz CT molecular complexity index is 660. The Hall–Kier alpha value is -2.10. The Kier molecular flexibility index (Phi) is 3.30. The van der Waals surface area contributed by atoms with Gasteiger partial charge in [0.25, 0.3) is 0 Å². The lowest BCUT2D eigenvalue weighted by Crippen LogP contribution is -2.31. The van der Waals surface area contributed by atoms with E-state index in [0.717, 1.165) is 35.4 Å². The van der Waals surface area contributed by atoms with Gasteiger partial charge in [0.15, 0.2) is 0 Å². The highest BCUT2D eigenvalue weighted by Gasteiger charge is 2.20. The number of amides is 1. The van der Waals surface area contributed by atoms with Crippen LogP contribution in [0.3, 0.4) is 0 Å². The minimum atomic E-state index is -0.376. The van der Waals surface area contributed by atoms with Gasteiger partial charge in [-0.25, -0.2) is 4.98 Å². The molecule has 4 heteroatoms. The summed E-state index contributed by atoms with van der Waals surface area (Å²) in [6.45, 7) is 3.96. The van der Waals surface area contributed by atoms with Gasteiger partial charge < -0.3 is 10.6 Å². The van der Waals surface area contributed by atoms with E-state index in [9.17, 15) is 4.79 Å². The van der Waals surface area contributed by atoms with Gasteiger partial charge in [-0.3, -0.25) is 4.79 Å². The summed E-state index contributed by atoms with van der Waals surface area (Å²) in [6.07, 6.45) is 3.63. The molecule has 0 radical (unpaired) electrons. The van der Waals surface area contributed by atoms with E-state index >= 15 is 0 Å². The lowest BCUT2D eigenvalue weighted by Gasteiger charge is -2.30. The van der Waals surface area contributed by atoms with Crippen LogP contribution in [-0.2, 0) is 0 Å². The summed E-state index contributed by atoms with van der Waals surface area (Å²) < 4.78 is 0. The number of rotatable bonds is 2.